The minimum absolute atomic E-state index is 0.0200. The van der Waals surface area contributed by atoms with Gasteiger partial charge in [-0.05, 0) is 35.1 Å². The second kappa shape index (κ2) is 10.2. The lowest BCUT2D eigenvalue weighted by molar-refractivity contribution is -0.145. The van der Waals surface area contributed by atoms with Crippen molar-refractivity contribution in [3.8, 4) is 0 Å². The molecule has 3 aromatic carbocycles. The Balaban J connectivity index is 1.94. The van der Waals surface area contributed by atoms with Crippen LogP contribution < -0.4 is 0 Å². The van der Waals surface area contributed by atoms with Gasteiger partial charge in [0.15, 0.2) is 8.24 Å². The summed E-state index contributed by atoms with van der Waals surface area (Å²) in [6.45, 7) is 13.2. The minimum Gasteiger partial charge on any atom is -0.393 e. The first-order valence-corrected chi connectivity index (χ1v) is 16.7. The van der Waals surface area contributed by atoms with Crippen LogP contribution in [-0.2, 0) is 9.54 Å². The van der Waals surface area contributed by atoms with Gasteiger partial charge in [-0.1, -0.05) is 125 Å². The van der Waals surface area contributed by atoms with E-state index in [1.165, 1.54) is 16.7 Å². The summed E-state index contributed by atoms with van der Waals surface area (Å²) in [4.78, 5) is 13.7. The van der Waals surface area contributed by atoms with E-state index < -0.39 is 19.1 Å². The summed E-state index contributed by atoms with van der Waals surface area (Å²) in [5.41, 5.74) is 3.58. The molecule has 4 rings (SSSR count). The monoisotopic (exact) mass is 517 g/mol. The Kier molecular flexibility index (Phi) is 7.57. The summed E-state index contributed by atoms with van der Waals surface area (Å²) in [5.74, 6) is -0.0114. The minimum atomic E-state index is -2.16. The van der Waals surface area contributed by atoms with Crippen LogP contribution in [0.2, 0.25) is 18.1 Å². The molecule has 0 aromatic heterocycles. The quantitative estimate of drug-likeness (QED) is 0.194. The van der Waals surface area contributed by atoms with Gasteiger partial charge in [-0.15, -0.1) is 11.8 Å². The number of hydrogen-bond acceptors (Lipinski definition) is 3. The molecule has 1 aliphatic rings. The smallest absolute Gasteiger partial charge is 0.221 e. The summed E-state index contributed by atoms with van der Waals surface area (Å²) in [6.07, 6.45) is -0.0426. The molecule has 0 radical (unpaired) electrons. The Bertz CT molecular complexity index is 1060. The van der Waals surface area contributed by atoms with E-state index in [1.807, 2.05) is 11.8 Å². The fourth-order valence-electron chi connectivity index (χ4n) is 5.10. The van der Waals surface area contributed by atoms with Crippen molar-refractivity contribution in [2.75, 3.05) is 0 Å². The molecular formula is C31H39NO2SSi. The average Bonchev–Trinajstić information content (AvgIpc) is 2.86. The molecule has 1 heterocycles. The van der Waals surface area contributed by atoms with Crippen molar-refractivity contribution < 1.29 is 9.90 Å². The Labute approximate surface area is 222 Å². The molecule has 3 aromatic rings. The highest BCUT2D eigenvalue weighted by Crippen LogP contribution is 2.57. The van der Waals surface area contributed by atoms with Crippen LogP contribution in [0.5, 0.6) is 0 Å². The third kappa shape index (κ3) is 4.69. The highest BCUT2D eigenvalue weighted by Gasteiger charge is 2.59. The van der Waals surface area contributed by atoms with E-state index in [4.69, 9.17) is 0 Å². The molecule has 1 unspecified atom stereocenters. The van der Waals surface area contributed by atoms with Crippen molar-refractivity contribution in [1.29, 1.82) is 0 Å². The number of aliphatic hydroxyl groups excluding tert-OH is 1. The molecule has 0 spiro atoms. The Morgan fingerprint density at radius 3 is 1.56 bits per heavy atom. The molecule has 1 aliphatic heterocycles. The zero-order valence-electron chi connectivity index (χ0n) is 22.3. The van der Waals surface area contributed by atoms with Gasteiger partial charge in [0.05, 0.1) is 22.1 Å². The van der Waals surface area contributed by atoms with E-state index in [9.17, 15) is 9.90 Å². The highest BCUT2D eigenvalue weighted by atomic mass is 32.2. The number of nitrogens with zero attached hydrogens (tertiary/aromatic N) is 1. The maximum atomic E-state index is 13.7. The van der Waals surface area contributed by atoms with Gasteiger partial charge in [-0.3, -0.25) is 4.79 Å². The molecule has 3 atom stereocenters. The van der Waals surface area contributed by atoms with E-state index in [-0.39, 0.29) is 22.2 Å². The van der Waals surface area contributed by atoms with Crippen LogP contribution in [0.15, 0.2) is 91.0 Å². The average molecular weight is 518 g/mol. The van der Waals surface area contributed by atoms with Crippen LogP contribution in [0.3, 0.4) is 0 Å². The predicted octanol–water partition coefficient (Wildman–Crippen LogP) is 7.27. The van der Waals surface area contributed by atoms with Crippen LogP contribution in [0.25, 0.3) is 0 Å². The second-order valence-corrected chi connectivity index (χ2v) is 17.9. The van der Waals surface area contributed by atoms with Crippen LogP contribution in [0.1, 0.15) is 50.8 Å². The number of carbonyl (C=O) groups is 1. The van der Waals surface area contributed by atoms with Gasteiger partial charge in [0.1, 0.15) is 0 Å². The molecule has 0 bridgehead atoms. The maximum Gasteiger partial charge on any atom is 0.221 e. The van der Waals surface area contributed by atoms with Gasteiger partial charge in [0.2, 0.25) is 5.91 Å². The lowest BCUT2D eigenvalue weighted by Gasteiger charge is -2.60. The molecule has 1 N–H and O–H groups in total. The summed E-state index contributed by atoms with van der Waals surface area (Å²) in [5, 5.41) is 10.3. The molecule has 5 heteroatoms. The molecule has 1 amide bonds. The standard InChI is InChI=1S/C31H39NO2SSi/c1-23(33)22-27-28(34)32(36(5,6)30(2,3)4)29(27)35-31(24-16-10-7-11-17-24,25-18-12-8-13-19-25)26-20-14-9-15-21-26/h7-21,23,27,29,33H,22H2,1-6H3/t23?,27-,29+/m1/s1. The fourth-order valence-corrected chi connectivity index (χ4v) is 10.1. The van der Waals surface area contributed by atoms with Crippen molar-refractivity contribution in [2.45, 2.75) is 68.5 Å². The van der Waals surface area contributed by atoms with E-state index in [0.29, 0.717) is 6.42 Å². The molecule has 190 valence electrons. The number of amides is 1. The Morgan fingerprint density at radius 1 is 0.833 bits per heavy atom. The summed E-state index contributed by atoms with van der Waals surface area (Å²) < 4.78 is 1.72. The van der Waals surface area contributed by atoms with E-state index in [1.54, 1.807) is 6.92 Å². The first-order valence-electron chi connectivity index (χ1n) is 12.9. The third-order valence-corrected chi connectivity index (χ3v) is 15.4. The predicted molar refractivity (Wildman–Crippen MR) is 154 cm³/mol. The SMILES string of the molecule is CC(O)C[C@@H]1C(=O)N([Si](C)(C)C(C)(C)C)[C@H]1SC(c1ccccc1)(c1ccccc1)c1ccccc1. The van der Waals surface area contributed by atoms with Crippen molar-refractivity contribution in [1.82, 2.24) is 4.57 Å². The fraction of sp³-hybridized carbons (Fsp3) is 0.387. The van der Waals surface area contributed by atoms with Gasteiger partial charge in [-0.25, -0.2) is 0 Å². The van der Waals surface area contributed by atoms with E-state index in [2.05, 4.69) is 129 Å². The Hall–Kier alpha value is -2.34. The van der Waals surface area contributed by atoms with Crippen LogP contribution >= 0.6 is 11.8 Å². The molecule has 1 fully saturated rings. The molecule has 1 saturated heterocycles. The molecule has 0 saturated carbocycles. The van der Waals surface area contributed by atoms with Crippen molar-refractivity contribution in [3.05, 3.63) is 108 Å². The van der Waals surface area contributed by atoms with E-state index in [0.717, 1.165) is 0 Å². The largest absolute Gasteiger partial charge is 0.393 e. The molecule has 36 heavy (non-hydrogen) atoms. The lowest BCUT2D eigenvalue weighted by Crippen LogP contribution is -2.72. The van der Waals surface area contributed by atoms with Gasteiger partial charge in [0, 0.05) is 0 Å². The zero-order chi connectivity index (χ0) is 26.1. The lowest BCUT2D eigenvalue weighted by atomic mass is 9.84. The highest BCUT2D eigenvalue weighted by molar-refractivity contribution is 8.01. The van der Waals surface area contributed by atoms with E-state index >= 15 is 0 Å². The maximum absolute atomic E-state index is 13.7. The molecular weight excluding hydrogens is 478 g/mol. The van der Waals surface area contributed by atoms with Crippen LogP contribution in [-0.4, -0.2) is 35.3 Å². The van der Waals surface area contributed by atoms with Crippen LogP contribution in [0.4, 0.5) is 0 Å². The third-order valence-electron chi connectivity index (χ3n) is 8.02. The van der Waals surface area contributed by atoms with Gasteiger partial charge in [-0.2, -0.15) is 0 Å². The van der Waals surface area contributed by atoms with Crippen molar-refractivity contribution in [2.24, 2.45) is 5.92 Å². The first kappa shape index (κ1) is 26.7. The van der Waals surface area contributed by atoms with Crippen LogP contribution in [0, 0.1) is 5.92 Å². The molecule has 3 nitrogen and oxygen atoms in total. The summed E-state index contributed by atoms with van der Waals surface area (Å²) in [6, 6.07) is 32.0. The number of hydrogen-bond donors (Lipinski definition) is 1. The topological polar surface area (TPSA) is 40.5 Å². The number of aliphatic hydroxyl groups is 1. The van der Waals surface area contributed by atoms with Gasteiger partial charge >= 0.3 is 0 Å². The number of benzene rings is 3. The molecule has 0 aliphatic carbocycles. The van der Waals surface area contributed by atoms with Crippen molar-refractivity contribution >= 4 is 25.9 Å². The first-order chi connectivity index (χ1) is 17.0. The summed E-state index contributed by atoms with van der Waals surface area (Å²) in [7, 11) is -2.16. The second-order valence-electron chi connectivity index (χ2n) is 11.5. The zero-order valence-corrected chi connectivity index (χ0v) is 24.1. The van der Waals surface area contributed by atoms with Gasteiger partial charge in [0.25, 0.3) is 0 Å². The number of carbonyl (C=O) groups excluding carboxylic acids is 1. The number of thioether (sulfide) groups is 1. The van der Waals surface area contributed by atoms with Crippen molar-refractivity contribution in [3.63, 3.8) is 0 Å². The summed E-state index contributed by atoms with van der Waals surface area (Å²) >= 11 is 1.87. The number of rotatable bonds is 8. The Morgan fingerprint density at radius 2 is 1.22 bits per heavy atom. The van der Waals surface area contributed by atoms with Gasteiger partial charge < -0.3 is 9.67 Å². The number of β-lactam (4-membered cyclic amide) rings is 1. The normalized spacial score (nSPS) is 19.6.